The van der Waals surface area contributed by atoms with Gasteiger partial charge in [-0.25, -0.2) is 8.42 Å². The van der Waals surface area contributed by atoms with Gasteiger partial charge < -0.3 is 19.5 Å². The lowest BCUT2D eigenvalue weighted by molar-refractivity contribution is -0.122. The van der Waals surface area contributed by atoms with E-state index < -0.39 is 22.0 Å². The topological polar surface area (TPSA) is 103 Å². The predicted octanol–water partition coefficient (Wildman–Crippen LogP) is 3.96. The molecule has 3 rings (SSSR count). The average molecular weight is 533 g/mol. The lowest BCUT2D eigenvalue weighted by atomic mass is 10.1. The van der Waals surface area contributed by atoms with Crippen LogP contribution in [0, 0.1) is 0 Å². The number of nitrogens with one attached hydrogen (secondary N) is 2. The summed E-state index contributed by atoms with van der Waals surface area (Å²) in [6, 6.07) is 17.6. The Labute approximate surface area is 216 Å². The number of rotatable bonds is 12. The molecule has 0 spiro atoms. The highest BCUT2D eigenvalue weighted by molar-refractivity contribution is 7.89. The van der Waals surface area contributed by atoms with Crippen molar-refractivity contribution in [3.05, 3.63) is 82.9 Å². The number of amides is 1. The smallest absolute Gasteiger partial charge is 0.241 e. The molecule has 0 saturated heterocycles. The largest absolute Gasteiger partial charge is 0.493 e. The van der Waals surface area contributed by atoms with Crippen molar-refractivity contribution in [2.75, 3.05) is 20.8 Å². The van der Waals surface area contributed by atoms with E-state index in [-0.39, 0.29) is 22.9 Å². The number of carbonyl (C=O) groups excluding carboxylic acids is 1. The van der Waals surface area contributed by atoms with Crippen LogP contribution in [0.25, 0.3) is 0 Å². The first-order valence-corrected chi connectivity index (χ1v) is 13.1. The Morgan fingerprint density at radius 3 is 2.25 bits per heavy atom. The fourth-order valence-corrected chi connectivity index (χ4v) is 5.04. The highest BCUT2D eigenvalue weighted by Gasteiger charge is 2.27. The van der Waals surface area contributed by atoms with Crippen LogP contribution in [0.2, 0.25) is 5.02 Å². The number of carbonyl (C=O) groups is 1. The van der Waals surface area contributed by atoms with E-state index in [0.717, 1.165) is 11.1 Å². The van der Waals surface area contributed by atoms with Crippen LogP contribution in [0.15, 0.2) is 71.6 Å². The van der Waals surface area contributed by atoms with Gasteiger partial charge in [0, 0.05) is 6.54 Å². The number of hydrogen-bond donors (Lipinski definition) is 2. The summed E-state index contributed by atoms with van der Waals surface area (Å²) < 4.78 is 44.8. The van der Waals surface area contributed by atoms with E-state index in [9.17, 15) is 13.2 Å². The van der Waals surface area contributed by atoms with Gasteiger partial charge >= 0.3 is 0 Å². The van der Waals surface area contributed by atoms with Crippen molar-refractivity contribution in [1.29, 1.82) is 0 Å². The molecular weight excluding hydrogens is 504 g/mol. The number of methoxy groups -OCH3 is 2. The number of benzene rings is 3. The summed E-state index contributed by atoms with van der Waals surface area (Å²) in [4.78, 5) is 13.1. The number of ether oxygens (including phenoxy) is 3. The third kappa shape index (κ3) is 7.13. The van der Waals surface area contributed by atoms with Gasteiger partial charge in [-0.3, -0.25) is 4.79 Å². The third-order valence-corrected chi connectivity index (χ3v) is 7.09. The summed E-state index contributed by atoms with van der Waals surface area (Å²) >= 11 is 6.19. The lowest BCUT2D eigenvalue weighted by Gasteiger charge is -2.19. The van der Waals surface area contributed by atoms with Crippen LogP contribution < -0.4 is 24.2 Å². The fraction of sp³-hybridized carbons (Fsp3) is 0.269. The standard InChI is InChI=1S/C26H29ClN2O6S/c1-4-35-23-13-11-20(16-21(23)27)36(31,32)29-22(14-18-8-6-5-7-9-18)26(30)28-17-19-10-12-24(33-2)25(15-19)34-3/h5-13,15-16,22,29H,4,14,17H2,1-3H3,(H,28,30)/t22-/m0/s1. The van der Waals surface area contributed by atoms with Crippen LogP contribution in [0.1, 0.15) is 18.1 Å². The van der Waals surface area contributed by atoms with Gasteiger partial charge in [0.25, 0.3) is 0 Å². The van der Waals surface area contributed by atoms with Crippen molar-refractivity contribution in [2.24, 2.45) is 0 Å². The summed E-state index contributed by atoms with van der Waals surface area (Å²) in [5.41, 5.74) is 1.57. The van der Waals surface area contributed by atoms with Crippen molar-refractivity contribution >= 4 is 27.5 Å². The molecule has 10 heteroatoms. The van der Waals surface area contributed by atoms with Gasteiger partial charge in [-0.15, -0.1) is 0 Å². The minimum atomic E-state index is -4.07. The van der Waals surface area contributed by atoms with E-state index >= 15 is 0 Å². The molecule has 0 radical (unpaired) electrons. The van der Waals surface area contributed by atoms with Gasteiger partial charge in [0.05, 0.1) is 30.7 Å². The molecule has 36 heavy (non-hydrogen) atoms. The molecule has 1 atom stereocenters. The Kier molecular flexibility index (Phi) is 9.58. The maximum absolute atomic E-state index is 13.2. The SMILES string of the molecule is CCOc1ccc(S(=O)(=O)N[C@@H](Cc2ccccc2)C(=O)NCc2ccc(OC)c(OC)c2)cc1Cl. The van der Waals surface area contributed by atoms with Crippen molar-refractivity contribution < 1.29 is 27.4 Å². The number of halogens is 1. The zero-order chi connectivity index (χ0) is 26.1. The molecule has 0 fully saturated rings. The molecule has 192 valence electrons. The van der Waals surface area contributed by atoms with E-state index in [0.29, 0.717) is 23.9 Å². The first-order chi connectivity index (χ1) is 17.3. The highest BCUT2D eigenvalue weighted by Crippen LogP contribution is 2.28. The molecule has 0 heterocycles. The molecule has 1 amide bonds. The zero-order valence-electron chi connectivity index (χ0n) is 20.3. The first kappa shape index (κ1) is 27.3. The quantitative estimate of drug-likeness (QED) is 0.366. The highest BCUT2D eigenvalue weighted by atomic mass is 35.5. The normalized spacial score (nSPS) is 12.0. The molecule has 3 aromatic rings. The van der Waals surface area contributed by atoms with Crippen molar-refractivity contribution in [3.8, 4) is 17.2 Å². The Morgan fingerprint density at radius 1 is 0.917 bits per heavy atom. The molecule has 8 nitrogen and oxygen atoms in total. The summed E-state index contributed by atoms with van der Waals surface area (Å²) in [6.45, 7) is 2.36. The zero-order valence-corrected chi connectivity index (χ0v) is 21.9. The first-order valence-electron chi connectivity index (χ1n) is 11.2. The number of hydrogen-bond acceptors (Lipinski definition) is 6. The van der Waals surface area contributed by atoms with E-state index in [4.69, 9.17) is 25.8 Å². The molecular formula is C26H29ClN2O6S. The molecule has 3 aromatic carbocycles. The van der Waals surface area contributed by atoms with Crippen LogP contribution in [0.3, 0.4) is 0 Å². The summed E-state index contributed by atoms with van der Waals surface area (Å²) in [6.07, 6.45) is 0.155. The monoisotopic (exact) mass is 532 g/mol. The van der Waals surface area contributed by atoms with Crippen LogP contribution in [0.5, 0.6) is 17.2 Å². The Bertz CT molecular complexity index is 1280. The van der Waals surface area contributed by atoms with Crippen molar-refractivity contribution in [2.45, 2.75) is 30.8 Å². The van der Waals surface area contributed by atoms with Crippen LogP contribution >= 0.6 is 11.6 Å². The Hall–Kier alpha value is -3.27. The second-order valence-electron chi connectivity index (χ2n) is 7.80. The fourth-order valence-electron chi connectivity index (χ4n) is 3.52. The molecule has 0 unspecified atom stereocenters. The maximum Gasteiger partial charge on any atom is 0.241 e. The van der Waals surface area contributed by atoms with Gasteiger partial charge in [-0.1, -0.05) is 48.0 Å². The van der Waals surface area contributed by atoms with Gasteiger partial charge in [-0.2, -0.15) is 4.72 Å². The van der Waals surface area contributed by atoms with E-state index in [1.807, 2.05) is 30.3 Å². The third-order valence-electron chi connectivity index (χ3n) is 5.32. The number of sulfonamides is 1. The molecule has 0 aliphatic heterocycles. The van der Waals surface area contributed by atoms with Gasteiger partial charge in [0.2, 0.25) is 15.9 Å². The van der Waals surface area contributed by atoms with Crippen LogP contribution in [-0.2, 0) is 27.8 Å². The van der Waals surface area contributed by atoms with Gasteiger partial charge in [0.15, 0.2) is 11.5 Å². The van der Waals surface area contributed by atoms with E-state index in [1.54, 1.807) is 25.1 Å². The van der Waals surface area contributed by atoms with Crippen molar-refractivity contribution in [1.82, 2.24) is 10.0 Å². The Morgan fingerprint density at radius 2 is 1.61 bits per heavy atom. The summed E-state index contributed by atoms with van der Waals surface area (Å²) in [7, 11) is -1.00. The molecule has 0 aromatic heterocycles. The summed E-state index contributed by atoms with van der Waals surface area (Å²) in [5.74, 6) is 0.996. The van der Waals surface area contributed by atoms with Gasteiger partial charge in [0.1, 0.15) is 11.8 Å². The van der Waals surface area contributed by atoms with Crippen molar-refractivity contribution in [3.63, 3.8) is 0 Å². The molecule has 0 aliphatic carbocycles. The van der Waals surface area contributed by atoms with E-state index in [2.05, 4.69) is 10.0 Å². The Balaban J connectivity index is 1.81. The van der Waals surface area contributed by atoms with Gasteiger partial charge in [-0.05, 0) is 54.8 Å². The molecule has 2 N–H and O–H groups in total. The molecule has 0 saturated carbocycles. The molecule has 0 aliphatic rings. The van der Waals surface area contributed by atoms with Crippen LogP contribution in [0.4, 0.5) is 0 Å². The minimum Gasteiger partial charge on any atom is -0.493 e. The summed E-state index contributed by atoms with van der Waals surface area (Å²) in [5, 5.41) is 2.98. The van der Waals surface area contributed by atoms with E-state index in [1.165, 1.54) is 32.4 Å². The second kappa shape index (κ2) is 12.6. The maximum atomic E-state index is 13.2. The molecule has 0 bridgehead atoms. The minimum absolute atomic E-state index is 0.0679. The second-order valence-corrected chi connectivity index (χ2v) is 9.92. The average Bonchev–Trinajstić information content (AvgIpc) is 2.88. The lowest BCUT2D eigenvalue weighted by Crippen LogP contribution is -2.47. The van der Waals surface area contributed by atoms with Crippen LogP contribution in [-0.4, -0.2) is 41.2 Å². The predicted molar refractivity (Wildman–Crippen MR) is 138 cm³/mol.